The average molecular weight is 218 g/mol. The second kappa shape index (κ2) is 4.70. The first kappa shape index (κ1) is 8.97. The van der Waals surface area contributed by atoms with Crippen LogP contribution >= 0.6 is 15.9 Å². The van der Waals surface area contributed by atoms with Crippen LogP contribution in [0.2, 0.25) is 0 Å². The molecule has 11 heavy (non-hydrogen) atoms. The van der Waals surface area contributed by atoms with Gasteiger partial charge in [-0.3, -0.25) is 0 Å². The summed E-state index contributed by atoms with van der Waals surface area (Å²) in [5, 5.41) is 0. The number of hydrogen-bond acceptors (Lipinski definition) is 2. The van der Waals surface area contributed by atoms with Crippen molar-refractivity contribution >= 4 is 15.9 Å². The van der Waals surface area contributed by atoms with E-state index >= 15 is 0 Å². The normalized spacial score (nSPS) is 24.4. The van der Waals surface area contributed by atoms with Gasteiger partial charge in [0.2, 0.25) is 0 Å². The van der Waals surface area contributed by atoms with Crippen LogP contribution < -0.4 is 0 Å². The van der Waals surface area contributed by atoms with Crippen molar-refractivity contribution in [3.05, 3.63) is 29.1 Å². The van der Waals surface area contributed by atoms with Crippen LogP contribution in [0.15, 0.2) is 24.3 Å². The van der Waals surface area contributed by atoms with Crippen LogP contribution in [0.5, 0.6) is 0 Å². The van der Waals surface area contributed by atoms with Crippen molar-refractivity contribution in [2.45, 2.75) is 6.10 Å². The van der Waals surface area contributed by atoms with Crippen molar-refractivity contribution in [2.24, 2.45) is 0 Å². The number of allylic oxidation sites excluding steroid dienone is 2. The molecule has 0 spiro atoms. The summed E-state index contributed by atoms with van der Waals surface area (Å²) in [6, 6.07) is 0. The molecule has 0 N–H and O–H groups in total. The van der Waals surface area contributed by atoms with E-state index in [-0.39, 0.29) is 6.10 Å². The van der Waals surface area contributed by atoms with E-state index in [2.05, 4.69) is 15.9 Å². The highest BCUT2D eigenvalue weighted by molar-refractivity contribution is 9.11. The van der Waals surface area contributed by atoms with E-state index in [1.807, 2.05) is 24.3 Å². The molecule has 1 unspecified atom stereocenters. The Morgan fingerprint density at radius 1 is 1.55 bits per heavy atom. The van der Waals surface area contributed by atoms with Gasteiger partial charge in [0.25, 0.3) is 0 Å². The van der Waals surface area contributed by atoms with Gasteiger partial charge in [-0.05, 0) is 0 Å². The Hall–Kier alpha value is -0.120. The van der Waals surface area contributed by atoms with E-state index in [1.54, 1.807) is 7.11 Å². The second-order valence-corrected chi connectivity index (χ2v) is 3.04. The fourth-order valence-electron chi connectivity index (χ4n) is 0.776. The molecule has 0 bridgehead atoms. The Morgan fingerprint density at radius 2 is 2.36 bits per heavy atom. The molecule has 1 atom stereocenters. The van der Waals surface area contributed by atoms with Gasteiger partial charge in [-0.2, -0.15) is 0 Å². The summed E-state index contributed by atoms with van der Waals surface area (Å²) < 4.78 is 10.1. The van der Waals surface area contributed by atoms with Crippen LogP contribution in [0.1, 0.15) is 0 Å². The summed E-state index contributed by atoms with van der Waals surface area (Å²) in [4.78, 5) is 1.03. The third kappa shape index (κ3) is 2.77. The molecular formula is C8H10BrO2. The molecule has 1 aliphatic carbocycles. The third-order valence-corrected chi connectivity index (χ3v) is 2.01. The summed E-state index contributed by atoms with van der Waals surface area (Å²) in [6.07, 6.45) is 7.84. The number of hydrogen-bond donors (Lipinski definition) is 0. The standard InChI is InChI=1S/C8H10BrO2/c1-10-6-11-8-5-3-2-4-7(8)9/h2-5,8H,6H2,1H3. The smallest absolute Gasteiger partial charge is 0.147 e. The predicted molar refractivity (Wildman–Crippen MR) is 47.2 cm³/mol. The SMILES string of the molecule is COCOC1C=CC=C[C]1Br. The van der Waals surface area contributed by atoms with Crippen LogP contribution in [-0.2, 0) is 9.47 Å². The van der Waals surface area contributed by atoms with Crippen molar-refractivity contribution in [1.82, 2.24) is 0 Å². The largest absolute Gasteiger partial charge is 0.359 e. The number of methoxy groups -OCH3 is 1. The summed E-state index contributed by atoms with van der Waals surface area (Å²) >= 11 is 3.38. The Bertz CT molecular complexity index is 165. The predicted octanol–water partition coefficient (Wildman–Crippen LogP) is 2.03. The molecule has 0 aromatic carbocycles. The van der Waals surface area contributed by atoms with E-state index < -0.39 is 0 Å². The van der Waals surface area contributed by atoms with Gasteiger partial charge in [0, 0.05) is 7.11 Å². The maximum Gasteiger partial charge on any atom is 0.147 e. The number of ether oxygens (including phenoxy) is 2. The Morgan fingerprint density at radius 3 is 3.00 bits per heavy atom. The van der Waals surface area contributed by atoms with Crippen LogP contribution in [0, 0.1) is 4.83 Å². The first-order valence-electron chi connectivity index (χ1n) is 3.32. The molecule has 1 rings (SSSR count). The zero-order valence-corrected chi connectivity index (χ0v) is 7.87. The van der Waals surface area contributed by atoms with Gasteiger partial charge in [-0.15, -0.1) is 0 Å². The molecule has 61 valence electrons. The minimum absolute atomic E-state index is 0.0138. The quantitative estimate of drug-likeness (QED) is 0.674. The zero-order chi connectivity index (χ0) is 8.10. The van der Waals surface area contributed by atoms with Crippen LogP contribution in [-0.4, -0.2) is 20.0 Å². The van der Waals surface area contributed by atoms with Crippen molar-refractivity contribution < 1.29 is 9.47 Å². The Balaban J connectivity index is 2.33. The zero-order valence-electron chi connectivity index (χ0n) is 6.29. The summed E-state index contributed by atoms with van der Waals surface area (Å²) in [5.41, 5.74) is 0. The van der Waals surface area contributed by atoms with Crippen LogP contribution in [0.25, 0.3) is 0 Å². The molecule has 0 amide bonds. The van der Waals surface area contributed by atoms with Gasteiger partial charge in [0.15, 0.2) is 0 Å². The first-order chi connectivity index (χ1) is 5.34. The molecule has 0 aromatic heterocycles. The molecule has 0 saturated carbocycles. The van der Waals surface area contributed by atoms with E-state index in [1.165, 1.54) is 0 Å². The summed E-state index contributed by atoms with van der Waals surface area (Å²) in [6.45, 7) is 0.317. The molecule has 3 heteroatoms. The highest BCUT2D eigenvalue weighted by atomic mass is 79.9. The molecule has 1 aliphatic rings. The lowest BCUT2D eigenvalue weighted by atomic mass is 10.1. The van der Waals surface area contributed by atoms with Crippen LogP contribution in [0.4, 0.5) is 0 Å². The Kier molecular flexibility index (Phi) is 3.83. The van der Waals surface area contributed by atoms with Gasteiger partial charge in [0.05, 0.1) is 10.9 Å². The molecule has 0 saturated heterocycles. The first-order valence-corrected chi connectivity index (χ1v) is 4.11. The van der Waals surface area contributed by atoms with Gasteiger partial charge >= 0.3 is 0 Å². The molecule has 0 fully saturated rings. The fourth-order valence-corrected chi connectivity index (χ4v) is 1.21. The lowest BCUT2D eigenvalue weighted by Crippen LogP contribution is -2.17. The third-order valence-electron chi connectivity index (χ3n) is 1.29. The van der Waals surface area contributed by atoms with Crippen LogP contribution in [0.3, 0.4) is 0 Å². The highest BCUT2D eigenvalue weighted by Crippen LogP contribution is 2.23. The second-order valence-electron chi connectivity index (χ2n) is 2.12. The van der Waals surface area contributed by atoms with Gasteiger partial charge in [-0.1, -0.05) is 40.2 Å². The van der Waals surface area contributed by atoms with Crippen molar-refractivity contribution in [2.75, 3.05) is 13.9 Å². The van der Waals surface area contributed by atoms with Crippen molar-refractivity contribution in [3.63, 3.8) is 0 Å². The van der Waals surface area contributed by atoms with Crippen molar-refractivity contribution in [1.29, 1.82) is 0 Å². The lowest BCUT2D eigenvalue weighted by molar-refractivity contribution is -0.0457. The molecule has 2 nitrogen and oxygen atoms in total. The molecular weight excluding hydrogens is 208 g/mol. The fraction of sp³-hybridized carbons (Fsp3) is 0.375. The monoisotopic (exact) mass is 217 g/mol. The molecule has 0 aromatic rings. The molecule has 0 heterocycles. The molecule has 0 aliphatic heterocycles. The topological polar surface area (TPSA) is 18.5 Å². The van der Waals surface area contributed by atoms with Gasteiger partial charge in [0.1, 0.15) is 6.79 Å². The van der Waals surface area contributed by atoms with Crippen molar-refractivity contribution in [3.8, 4) is 0 Å². The van der Waals surface area contributed by atoms with E-state index in [9.17, 15) is 0 Å². The van der Waals surface area contributed by atoms with Gasteiger partial charge in [-0.25, -0.2) is 0 Å². The Labute approximate surface area is 75.0 Å². The maximum atomic E-state index is 5.30. The van der Waals surface area contributed by atoms with E-state index in [0.717, 1.165) is 4.83 Å². The maximum absolute atomic E-state index is 5.30. The van der Waals surface area contributed by atoms with E-state index in [4.69, 9.17) is 9.47 Å². The highest BCUT2D eigenvalue weighted by Gasteiger charge is 2.16. The summed E-state index contributed by atoms with van der Waals surface area (Å²) in [5.74, 6) is 0. The minimum Gasteiger partial charge on any atom is -0.359 e. The van der Waals surface area contributed by atoms with Gasteiger partial charge < -0.3 is 9.47 Å². The number of rotatable bonds is 3. The average Bonchev–Trinajstić information content (AvgIpc) is 2.03. The number of halogens is 1. The lowest BCUT2D eigenvalue weighted by Gasteiger charge is -2.17. The summed E-state index contributed by atoms with van der Waals surface area (Å²) in [7, 11) is 1.61. The van der Waals surface area contributed by atoms with E-state index in [0.29, 0.717) is 6.79 Å². The minimum atomic E-state index is 0.0138. The molecule has 1 radical (unpaired) electrons.